The summed E-state index contributed by atoms with van der Waals surface area (Å²) in [6.07, 6.45) is 4.14. The molecular formula is C8H12N2OS2. The van der Waals surface area contributed by atoms with Gasteiger partial charge in [0.25, 0.3) is 0 Å². The second kappa shape index (κ2) is 6.87. The Hall–Kier alpha value is -0.600. The van der Waals surface area contributed by atoms with Gasteiger partial charge in [-0.25, -0.2) is 0 Å². The van der Waals surface area contributed by atoms with Crippen LogP contribution in [0.2, 0.25) is 0 Å². The molecule has 0 aliphatic rings. The van der Waals surface area contributed by atoms with Crippen LogP contribution < -0.4 is 5.32 Å². The van der Waals surface area contributed by atoms with Crippen LogP contribution >= 0.6 is 23.5 Å². The van der Waals surface area contributed by atoms with Crippen LogP contribution in [0.1, 0.15) is 13.3 Å². The molecule has 0 atom stereocenters. The molecule has 0 unspecified atom stereocenters. The van der Waals surface area contributed by atoms with E-state index >= 15 is 0 Å². The molecule has 0 aliphatic heterocycles. The number of carbonyl (C=O) groups is 1. The molecule has 0 spiro atoms. The van der Waals surface area contributed by atoms with E-state index in [0.29, 0.717) is 12.1 Å². The fourth-order valence-electron chi connectivity index (χ4n) is 0.640. The normalized spacial score (nSPS) is 8.77. The SMILES string of the molecule is CCC(=O)NC(C#N)=C(SC)SC. The lowest BCUT2D eigenvalue weighted by Crippen LogP contribution is -2.21. The number of nitrogens with zero attached hydrogens (tertiary/aromatic N) is 1. The van der Waals surface area contributed by atoms with Gasteiger partial charge in [0.05, 0.1) is 4.24 Å². The Morgan fingerprint density at radius 1 is 1.46 bits per heavy atom. The molecule has 0 saturated carbocycles. The van der Waals surface area contributed by atoms with Crippen LogP contribution in [0, 0.1) is 11.3 Å². The quantitative estimate of drug-likeness (QED) is 0.730. The number of hydrogen-bond donors (Lipinski definition) is 1. The molecule has 0 aromatic rings. The molecule has 0 fully saturated rings. The molecule has 0 aromatic carbocycles. The molecular weight excluding hydrogens is 204 g/mol. The number of nitrogens with one attached hydrogen (secondary N) is 1. The smallest absolute Gasteiger partial charge is 0.224 e. The second-order valence-corrected chi connectivity index (χ2v) is 3.98. The van der Waals surface area contributed by atoms with Crippen LogP contribution in [-0.4, -0.2) is 18.4 Å². The highest BCUT2D eigenvalue weighted by Crippen LogP contribution is 2.25. The number of nitriles is 1. The molecule has 0 rings (SSSR count). The van der Waals surface area contributed by atoms with Crippen molar-refractivity contribution in [1.29, 1.82) is 5.26 Å². The lowest BCUT2D eigenvalue weighted by Gasteiger charge is -2.05. The maximum Gasteiger partial charge on any atom is 0.224 e. The summed E-state index contributed by atoms with van der Waals surface area (Å²) in [6, 6.07) is 1.98. The van der Waals surface area contributed by atoms with Gasteiger partial charge in [0.1, 0.15) is 11.8 Å². The van der Waals surface area contributed by atoms with E-state index in [4.69, 9.17) is 5.26 Å². The van der Waals surface area contributed by atoms with Crippen LogP contribution in [0.3, 0.4) is 0 Å². The Morgan fingerprint density at radius 2 is 2.00 bits per heavy atom. The Morgan fingerprint density at radius 3 is 2.31 bits per heavy atom. The van der Waals surface area contributed by atoms with E-state index in [1.165, 1.54) is 23.5 Å². The predicted molar refractivity (Wildman–Crippen MR) is 58.1 cm³/mol. The van der Waals surface area contributed by atoms with Gasteiger partial charge in [-0.3, -0.25) is 4.79 Å². The lowest BCUT2D eigenvalue weighted by atomic mass is 10.4. The third-order valence-electron chi connectivity index (χ3n) is 1.27. The maximum atomic E-state index is 11.0. The number of amides is 1. The first kappa shape index (κ1) is 12.4. The first-order valence-corrected chi connectivity index (χ1v) is 6.16. The minimum atomic E-state index is -0.128. The van der Waals surface area contributed by atoms with Gasteiger partial charge in [0.2, 0.25) is 5.91 Å². The largest absolute Gasteiger partial charge is 0.316 e. The van der Waals surface area contributed by atoms with Crippen molar-refractivity contribution < 1.29 is 4.79 Å². The first-order valence-electron chi connectivity index (χ1n) is 3.71. The van der Waals surface area contributed by atoms with Gasteiger partial charge in [-0.15, -0.1) is 23.5 Å². The van der Waals surface area contributed by atoms with Gasteiger partial charge in [-0.05, 0) is 12.5 Å². The number of hydrogen-bond acceptors (Lipinski definition) is 4. The van der Waals surface area contributed by atoms with E-state index in [1.807, 2.05) is 18.6 Å². The topological polar surface area (TPSA) is 52.9 Å². The van der Waals surface area contributed by atoms with Crippen molar-refractivity contribution in [2.45, 2.75) is 13.3 Å². The summed E-state index contributed by atoms with van der Waals surface area (Å²) in [5, 5.41) is 11.3. The van der Waals surface area contributed by atoms with Crippen LogP contribution in [-0.2, 0) is 4.79 Å². The van der Waals surface area contributed by atoms with Crippen molar-refractivity contribution in [3.05, 3.63) is 9.93 Å². The molecule has 72 valence electrons. The van der Waals surface area contributed by atoms with Crippen molar-refractivity contribution in [2.24, 2.45) is 0 Å². The number of rotatable bonds is 4. The van der Waals surface area contributed by atoms with E-state index < -0.39 is 0 Å². The van der Waals surface area contributed by atoms with Gasteiger partial charge in [-0.1, -0.05) is 6.92 Å². The maximum absolute atomic E-state index is 11.0. The molecule has 1 N–H and O–H groups in total. The van der Waals surface area contributed by atoms with Crippen molar-refractivity contribution >= 4 is 29.4 Å². The standard InChI is InChI=1S/C8H12N2OS2/c1-4-7(11)10-6(5-9)8(12-2)13-3/h4H2,1-3H3,(H,10,11). The Balaban J connectivity index is 4.59. The number of allylic oxidation sites excluding steroid dienone is 1. The van der Waals surface area contributed by atoms with Crippen LogP contribution in [0.15, 0.2) is 9.93 Å². The molecule has 13 heavy (non-hydrogen) atoms. The van der Waals surface area contributed by atoms with Crippen molar-refractivity contribution in [3.63, 3.8) is 0 Å². The zero-order valence-electron chi connectivity index (χ0n) is 7.88. The third-order valence-corrected chi connectivity index (χ3v) is 3.42. The Labute approximate surface area is 87.0 Å². The predicted octanol–water partition coefficient (Wildman–Crippen LogP) is 1.93. The summed E-state index contributed by atoms with van der Waals surface area (Å²) in [7, 11) is 0. The molecule has 3 nitrogen and oxygen atoms in total. The van der Waals surface area contributed by atoms with Gasteiger partial charge >= 0.3 is 0 Å². The van der Waals surface area contributed by atoms with E-state index in [0.717, 1.165) is 4.24 Å². The lowest BCUT2D eigenvalue weighted by molar-refractivity contribution is -0.119. The summed E-state index contributed by atoms with van der Waals surface area (Å²) in [5.41, 5.74) is 0.354. The highest BCUT2D eigenvalue weighted by atomic mass is 32.2. The molecule has 0 heterocycles. The fraction of sp³-hybridized carbons (Fsp3) is 0.500. The van der Waals surface area contributed by atoms with E-state index in [1.54, 1.807) is 6.92 Å². The van der Waals surface area contributed by atoms with Crippen LogP contribution in [0.5, 0.6) is 0 Å². The van der Waals surface area contributed by atoms with E-state index in [2.05, 4.69) is 5.32 Å². The third kappa shape index (κ3) is 4.25. The molecule has 5 heteroatoms. The fourth-order valence-corrected chi connectivity index (χ4v) is 1.91. The number of carbonyl (C=O) groups excluding carboxylic acids is 1. The zero-order chi connectivity index (χ0) is 10.3. The summed E-state index contributed by atoms with van der Waals surface area (Å²) in [6.45, 7) is 1.75. The van der Waals surface area contributed by atoms with E-state index in [9.17, 15) is 4.79 Å². The van der Waals surface area contributed by atoms with E-state index in [-0.39, 0.29) is 5.91 Å². The van der Waals surface area contributed by atoms with Crippen LogP contribution in [0.25, 0.3) is 0 Å². The van der Waals surface area contributed by atoms with Gasteiger partial charge < -0.3 is 5.32 Å². The molecule has 1 amide bonds. The van der Waals surface area contributed by atoms with Crippen molar-refractivity contribution in [1.82, 2.24) is 5.32 Å². The summed E-state index contributed by atoms with van der Waals surface area (Å²) in [4.78, 5) is 11.0. The minimum Gasteiger partial charge on any atom is -0.316 e. The highest BCUT2D eigenvalue weighted by Gasteiger charge is 2.07. The zero-order valence-corrected chi connectivity index (χ0v) is 9.51. The molecule has 0 radical (unpaired) electrons. The average Bonchev–Trinajstić information content (AvgIpc) is 2.17. The Kier molecular flexibility index (Phi) is 6.55. The summed E-state index contributed by atoms with van der Waals surface area (Å²) >= 11 is 2.92. The molecule has 0 aromatic heterocycles. The summed E-state index contributed by atoms with van der Waals surface area (Å²) in [5.74, 6) is -0.128. The Bertz CT molecular complexity index is 249. The van der Waals surface area contributed by atoms with Gasteiger partial charge in [-0.2, -0.15) is 5.26 Å². The van der Waals surface area contributed by atoms with Crippen molar-refractivity contribution in [2.75, 3.05) is 12.5 Å². The monoisotopic (exact) mass is 216 g/mol. The molecule has 0 aliphatic carbocycles. The van der Waals surface area contributed by atoms with Crippen molar-refractivity contribution in [3.8, 4) is 6.07 Å². The molecule has 0 bridgehead atoms. The van der Waals surface area contributed by atoms with Gasteiger partial charge in [0, 0.05) is 6.42 Å². The highest BCUT2D eigenvalue weighted by molar-refractivity contribution is 8.21. The van der Waals surface area contributed by atoms with Crippen LogP contribution in [0.4, 0.5) is 0 Å². The first-order chi connectivity index (χ1) is 6.19. The average molecular weight is 216 g/mol. The second-order valence-electron chi connectivity index (χ2n) is 2.08. The number of thioether (sulfide) groups is 2. The van der Waals surface area contributed by atoms with Gasteiger partial charge in [0.15, 0.2) is 0 Å². The summed E-state index contributed by atoms with van der Waals surface area (Å²) < 4.78 is 0.837. The minimum absolute atomic E-state index is 0.128. The molecule has 0 saturated heterocycles.